The quantitative estimate of drug-likeness (QED) is 0.334. The summed E-state index contributed by atoms with van der Waals surface area (Å²) < 4.78 is 177. The number of hydrogen-bond acceptors (Lipinski definition) is 37. The predicted octanol–water partition coefficient (Wildman–Crippen LogP) is 3.69. The van der Waals surface area contributed by atoms with Crippen molar-refractivity contribution in [2.45, 2.75) is 97.4 Å². The Balaban J connectivity index is 0.000000819. The maximum atomic E-state index is 5.84. The largest absolute Gasteiger partial charge is 0.379 e. The van der Waals surface area contributed by atoms with Gasteiger partial charge in [0.15, 0.2) is 0 Å². The molecule has 0 aromatic rings. The Kier molecular flexibility index (Phi) is 97.2. The number of nitrogens with zero attached hydrogens (tertiary/aromatic N) is 5. The van der Waals surface area contributed by atoms with Crippen molar-refractivity contribution in [1.82, 2.24) is 24.5 Å². The van der Waals surface area contributed by atoms with Gasteiger partial charge in [-0.3, -0.25) is 0 Å². The second-order valence-corrected chi connectivity index (χ2v) is 30.1. The van der Waals surface area contributed by atoms with Gasteiger partial charge in [-0.2, -0.15) is 0 Å². The zero-order chi connectivity index (χ0) is 90.2. The van der Waals surface area contributed by atoms with Crippen LogP contribution in [-0.4, -0.2) is 545 Å². The highest BCUT2D eigenvalue weighted by Gasteiger charge is 2.17. The van der Waals surface area contributed by atoms with E-state index in [0.29, 0.717) is 330 Å². The standard InChI is InChI=1S/C29H59NO13.C17H35NO5.C14H30N2O4.C14H29NO4.C14H28O6/c1-30-2-4-31-6-8-33-10-12-35-14-16-37-18-20-39-22-24-41-26-28-43-29-27-42-25-23-40-21-19-38-17-15-36-13-11-34-9-7-32-5-3-30;1-14-16(3)22-12-10-19-11-13-23-17(4)15(2)21-9-7-18(5)6-8-20-14;1-15-3-7-17-11-13-19-9-5-16(2)6-10-20-14-12-18-8-4-15;1-15-5-9-18-13-11-16-7-3-2-4-8-17-12-14-19-10-6-15;1-13-11-17-5-3-15-4-6-18-12-14(2)20-10-8-16-7-9-19-13/h2-29H2,1H3;14-17H,6-13H2,1-5H3;3-14H2,1-2H3;2-14H2,1H3;13-14H,3-12H2,1-2H3. The molecule has 5 aliphatic rings. The monoisotopic (exact) mass is 1820 g/mol. The fourth-order valence-electron chi connectivity index (χ4n) is 10.6. The van der Waals surface area contributed by atoms with Crippen LogP contribution in [0.15, 0.2) is 0 Å². The third-order valence-electron chi connectivity index (χ3n) is 18.9. The molecule has 750 valence electrons. The van der Waals surface area contributed by atoms with E-state index in [2.05, 4.69) is 52.7 Å². The van der Waals surface area contributed by atoms with Crippen LogP contribution in [0, 0.1) is 0 Å². The third kappa shape index (κ3) is 95.5. The smallest absolute Gasteiger partial charge is 0.0807 e. The summed E-state index contributed by atoms with van der Waals surface area (Å²) >= 11 is 0. The molecule has 5 fully saturated rings. The Morgan fingerprint density at radius 2 is 0.256 bits per heavy atom. The molecule has 5 aliphatic heterocycles. The van der Waals surface area contributed by atoms with Crippen LogP contribution >= 0.6 is 0 Å². The molecule has 0 saturated carbocycles. The van der Waals surface area contributed by atoms with Crippen molar-refractivity contribution in [1.29, 1.82) is 0 Å². The third-order valence-corrected chi connectivity index (χ3v) is 18.9. The van der Waals surface area contributed by atoms with Gasteiger partial charge in [0.1, 0.15) is 0 Å². The van der Waals surface area contributed by atoms with Crippen LogP contribution in [0.1, 0.15) is 60.8 Å². The highest BCUT2D eigenvalue weighted by atomic mass is 16.6. The summed E-state index contributed by atoms with van der Waals surface area (Å²) in [7, 11) is 10.4. The summed E-state index contributed by atoms with van der Waals surface area (Å²) in [5.41, 5.74) is 0. The zero-order valence-electron chi connectivity index (χ0n) is 80.0. The molecule has 6 atom stereocenters. The van der Waals surface area contributed by atoms with Crippen LogP contribution in [0.4, 0.5) is 0 Å². The van der Waals surface area contributed by atoms with Crippen molar-refractivity contribution in [3.05, 3.63) is 0 Å². The van der Waals surface area contributed by atoms with E-state index in [-0.39, 0.29) is 36.6 Å². The second kappa shape index (κ2) is 100.0. The number of ether oxygens (including phenoxy) is 32. The Bertz CT molecular complexity index is 1910. The minimum atomic E-state index is 0.0586. The van der Waals surface area contributed by atoms with Gasteiger partial charge in [-0.15, -0.1) is 0 Å². The van der Waals surface area contributed by atoms with Crippen LogP contribution in [-0.2, 0) is 152 Å². The Labute approximate surface area is 754 Å². The van der Waals surface area contributed by atoms with Crippen molar-refractivity contribution < 1.29 is 152 Å². The summed E-state index contributed by atoms with van der Waals surface area (Å²) in [5, 5.41) is 0. The molecular formula is C88H181N5O32. The molecule has 5 heterocycles. The average Bonchev–Trinajstić information content (AvgIpc) is 0.958. The molecule has 0 aromatic heterocycles. The molecule has 37 heteroatoms. The van der Waals surface area contributed by atoms with E-state index < -0.39 is 0 Å². The second-order valence-electron chi connectivity index (χ2n) is 30.1. The van der Waals surface area contributed by atoms with Crippen LogP contribution in [0.3, 0.4) is 0 Å². The maximum absolute atomic E-state index is 5.84. The number of hydrogen-bond donors (Lipinski definition) is 0. The van der Waals surface area contributed by atoms with Crippen LogP contribution < -0.4 is 0 Å². The lowest BCUT2D eigenvalue weighted by Crippen LogP contribution is -2.34. The topological polar surface area (TPSA) is 312 Å². The van der Waals surface area contributed by atoms with E-state index in [1.165, 1.54) is 0 Å². The molecule has 0 aliphatic carbocycles. The fraction of sp³-hybridized carbons (Fsp3) is 1.00. The summed E-state index contributed by atoms with van der Waals surface area (Å²) in [6, 6.07) is 0. The first-order valence-electron chi connectivity index (χ1n) is 46.5. The summed E-state index contributed by atoms with van der Waals surface area (Å²) in [5.74, 6) is 0. The predicted molar refractivity (Wildman–Crippen MR) is 475 cm³/mol. The zero-order valence-corrected chi connectivity index (χ0v) is 80.0. The Hall–Kier alpha value is -1.48. The van der Waals surface area contributed by atoms with E-state index in [9.17, 15) is 0 Å². The fourth-order valence-corrected chi connectivity index (χ4v) is 10.6. The Morgan fingerprint density at radius 3 is 0.440 bits per heavy atom. The van der Waals surface area contributed by atoms with Gasteiger partial charge in [-0.05, 0) is 96.0 Å². The molecule has 0 bridgehead atoms. The van der Waals surface area contributed by atoms with E-state index in [4.69, 9.17) is 152 Å². The first kappa shape index (κ1) is 122. The molecule has 5 rings (SSSR count). The first-order valence-corrected chi connectivity index (χ1v) is 46.5. The normalized spacial score (nSPS) is 27.4. The molecule has 0 amide bonds. The van der Waals surface area contributed by atoms with Crippen LogP contribution in [0.2, 0.25) is 0 Å². The van der Waals surface area contributed by atoms with Crippen LogP contribution in [0.25, 0.3) is 0 Å². The van der Waals surface area contributed by atoms with E-state index >= 15 is 0 Å². The van der Waals surface area contributed by atoms with Gasteiger partial charge < -0.3 is 176 Å². The van der Waals surface area contributed by atoms with Gasteiger partial charge in [0.05, 0.1) is 407 Å². The lowest BCUT2D eigenvalue weighted by atomic mass is 10.2. The first-order chi connectivity index (χ1) is 61.4. The SMILES string of the molecule is CC1COCCOCCOCC(C)OCCOCCO1.CC1OCCOCCOC(C)C(C)OCCN(C)CCOC1C.CN1CCOCCOCCCCCOCCOCC1.CN1CCOCCOCCN(C)CCOCCOCC1.CN1CCOCCOCCOCCOCCOCCOCCOCCOCCOCCOCCOCCOCCOCC1. The van der Waals surface area contributed by atoms with Crippen molar-refractivity contribution in [3.63, 3.8) is 0 Å². The highest BCUT2D eigenvalue weighted by molar-refractivity contribution is 4.65. The summed E-state index contributed by atoms with van der Waals surface area (Å²) in [6.45, 7) is 56.0. The van der Waals surface area contributed by atoms with Gasteiger partial charge >= 0.3 is 0 Å². The summed E-state index contributed by atoms with van der Waals surface area (Å²) in [6.07, 6.45) is 3.75. The van der Waals surface area contributed by atoms with Crippen molar-refractivity contribution in [2.24, 2.45) is 0 Å². The van der Waals surface area contributed by atoms with Crippen molar-refractivity contribution >= 4 is 0 Å². The molecule has 125 heavy (non-hydrogen) atoms. The van der Waals surface area contributed by atoms with Crippen LogP contribution in [0.5, 0.6) is 0 Å². The molecule has 37 nitrogen and oxygen atoms in total. The molecular weight excluding hydrogens is 1640 g/mol. The lowest BCUT2D eigenvalue weighted by Gasteiger charge is -2.25. The summed E-state index contributed by atoms with van der Waals surface area (Å²) in [4.78, 5) is 11.0. The van der Waals surface area contributed by atoms with E-state index in [1.807, 2.05) is 48.6 Å². The molecule has 0 radical (unpaired) electrons. The van der Waals surface area contributed by atoms with Gasteiger partial charge in [-0.1, -0.05) is 0 Å². The molecule has 0 aromatic carbocycles. The van der Waals surface area contributed by atoms with Crippen molar-refractivity contribution in [3.8, 4) is 0 Å². The maximum Gasteiger partial charge on any atom is 0.0807 e. The molecule has 5 saturated heterocycles. The van der Waals surface area contributed by atoms with Gasteiger partial charge in [-0.25, -0.2) is 0 Å². The molecule has 0 spiro atoms. The van der Waals surface area contributed by atoms with E-state index in [0.717, 1.165) is 138 Å². The highest BCUT2D eigenvalue weighted by Crippen LogP contribution is 2.08. The van der Waals surface area contributed by atoms with Gasteiger partial charge in [0.25, 0.3) is 0 Å². The molecule has 0 N–H and O–H groups in total. The van der Waals surface area contributed by atoms with Gasteiger partial charge in [0, 0.05) is 78.7 Å². The minimum Gasteiger partial charge on any atom is -0.379 e. The van der Waals surface area contributed by atoms with Crippen molar-refractivity contribution in [2.75, 3.05) is 484 Å². The van der Waals surface area contributed by atoms with Gasteiger partial charge in [0.2, 0.25) is 0 Å². The minimum absolute atomic E-state index is 0.0586. The average molecular weight is 1820 g/mol. The van der Waals surface area contributed by atoms with E-state index in [1.54, 1.807) is 0 Å². The Morgan fingerprint density at radius 1 is 0.128 bits per heavy atom. The number of rotatable bonds is 0. The lowest BCUT2D eigenvalue weighted by molar-refractivity contribution is -0.0911. The number of likely N-dealkylation sites (N-methyl/N-ethyl adjacent to an activating group) is 5. The molecule has 6 unspecified atom stereocenters.